The molecular formula is C10H4BrCl2N3. The van der Waals surface area contributed by atoms with Crippen LogP contribution in [0.15, 0.2) is 28.4 Å². The molecule has 80 valence electrons. The highest BCUT2D eigenvalue weighted by atomic mass is 79.9. The monoisotopic (exact) mass is 315 g/mol. The summed E-state index contributed by atoms with van der Waals surface area (Å²) in [4.78, 5) is 0. The standard InChI is InChI=1S/C10H4BrCl2N3/c11-8-1-7(12)2-9(13)10(8)16-5-6(3-14)4-15/h1-2,5,16H. The predicted molar refractivity (Wildman–Crippen MR) is 67.1 cm³/mol. The van der Waals surface area contributed by atoms with Crippen LogP contribution >= 0.6 is 39.1 Å². The van der Waals surface area contributed by atoms with Crippen molar-refractivity contribution in [2.75, 3.05) is 5.32 Å². The van der Waals surface area contributed by atoms with E-state index in [2.05, 4.69) is 21.2 Å². The van der Waals surface area contributed by atoms with Gasteiger partial charge in [-0.2, -0.15) is 10.5 Å². The number of benzene rings is 1. The number of anilines is 1. The van der Waals surface area contributed by atoms with Crippen molar-refractivity contribution in [1.82, 2.24) is 0 Å². The van der Waals surface area contributed by atoms with Gasteiger partial charge in [-0.25, -0.2) is 0 Å². The van der Waals surface area contributed by atoms with Crippen LogP contribution in [0.5, 0.6) is 0 Å². The van der Waals surface area contributed by atoms with Crippen LogP contribution in [0, 0.1) is 22.7 Å². The summed E-state index contributed by atoms with van der Waals surface area (Å²) in [7, 11) is 0. The average Bonchev–Trinajstić information content (AvgIpc) is 2.22. The molecule has 0 aliphatic heterocycles. The Labute approximate surface area is 111 Å². The van der Waals surface area contributed by atoms with Crippen LogP contribution in [0.25, 0.3) is 0 Å². The second-order valence-corrected chi connectivity index (χ2v) is 4.37. The molecule has 0 aromatic heterocycles. The van der Waals surface area contributed by atoms with Gasteiger partial charge in [-0.3, -0.25) is 0 Å². The lowest BCUT2D eigenvalue weighted by molar-refractivity contribution is 1.44. The molecule has 0 atom stereocenters. The molecule has 0 aliphatic rings. The first-order chi connectivity index (χ1) is 7.58. The van der Waals surface area contributed by atoms with Gasteiger partial charge in [-0.15, -0.1) is 0 Å². The lowest BCUT2D eigenvalue weighted by atomic mass is 10.3. The fraction of sp³-hybridized carbons (Fsp3) is 0. The normalized spacial score (nSPS) is 8.81. The van der Waals surface area contributed by atoms with Gasteiger partial charge >= 0.3 is 0 Å². The van der Waals surface area contributed by atoms with Gasteiger partial charge in [0.25, 0.3) is 0 Å². The summed E-state index contributed by atoms with van der Waals surface area (Å²) < 4.78 is 0.650. The lowest BCUT2D eigenvalue weighted by Gasteiger charge is -2.07. The number of nitrogens with zero attached hydrogens (tertiary/aromatic N) is 2. The molecule has 1 rings (SSSR count). The van der Waals surface area contributed by atoms with E-state index in [-0.39, 0.29) is 5.57 Å². The fourth-order valence-corrected chi connectivity index (χ4v) is 2.28. The summed E-state index contributed by atoms with van der Waals surface area (Å²) in [5.41, 5.74) is 0.506. The zero-order chi connectivity index (χ0) is 12.1. The van der Waals surface area contributed by atoms with Crippen molar-refractivity contribution in [1.29, 1.82) is 10.5 Å². The average molecular weight is 317 g/mol. The summed E-state index contributed by atoms with van der Waals surface area (Å²) in [5, 5.41) is 20.7. The van der Waals surface area contributed by atoms with Crippen molar-refractivity contribution < 1.29 is 0 Å². The Morgan fingerprint density at radius 2 is 1.94 bits per heavy atom. The van der Waals surface area contributed by atoms with Crippen LogP contribution in [-0.2, 0) is 0 Å². The Balaban J connectivity index is 3.05. The zero-order valence-corrected chi connectivity index (χ0v) is 10.9. The zero-order valence-electron chi connectivity index (χ0n) is 7.76. The minimum atomic E-state index is -0.0436. The first-order valence-corrected chi connectivity index (χ1v) is 5.55. The molecule has 0 saturated heterocycles. The largest absolute Gasteiger partial charge is 0.358 e. The maximum atomic E-state index is 8.54. The topological polar surface area (TPSA) is 59.6 Å². The molecule has 0 aliphatic carbocycles. The predicted octanol–water partition coefficient (Wildman–Crippen LogP) is 4.10. The van der Waals surface area contributed by atoms with Gasteiger partial charge < -0.3 is 5.32 Å². The quantitative estimate of drug-likeness (QED) is 0.836. The van der Waals surface area contributed by atoms with Crippen molar-refractivity contribution in [3.8, 4) is 12.1 Å². The lowest BCUT2D eigenvalue weighted by Crippen LogP contribution is -1.92. The molecule has 0 fully saturated rings. The van der Waals surface area contributed by atoms with Crippen LogP contribution in [-0.4, -0.2) is 0 Å². The maximum absolute atomic E-state index is 8.54. The van der Waals surface area contributed by atoms with Crippen molar-refractivity contribution in [3.05, 3.63) is 38.4 Å². The molecule has 1 aromatic rings. The van der Waals surface area contributed by atoms with Gasteiger partial charge in [0.15, 0.2) is 0 Å². The fourth-order valence-electron chi connectivity index (χ4n) is 0.914. The van der Waals surface area contributed by atoms with Crippen molar-refractivity contribution >= 4 is 44.8 Å². The van der Waals surface area contributed by atoms with Crippen LogP contribution in [0.2, 0.25) is 10.0 Å². The highest BCUT2D eigenvalue weighted by molar-refractivity contribution is 9.10. The van der Waals surface area contributed by atoms with Gasteiger partial charge in [0.2, 0.25) is 0 Å². The molecule has 0 radical (unpaired) electrons. The molecular weight excluding hydrogens is 313 g/mol. The Morgan fingerprint density at radius 1 is 1.31 bits per heavy atom. The molecule has 0 saturated carbocycles. The molecule has 16 heavy (non-hydrogen) atoms. The summed E-state index contributed by atoms with van der Waals surface area (Å²) in [6, 6.07) is 6.66. The Kier molecular flexibility index (Phi) is 4.64. The molecule has 1 N–H and O–H groups in total. The number of allylic oxidation sites excluding steroid dienone is 1. The smallest absolute Gasteiger partial charge is 0.145 e. The van der Waals surface area contributed by atoms with E-state index < -0.39 is 0 Å². The Hall–Kier alpha value is -1.20. The van der Waals surface area contributed by atoms with E-state index in [1.54, 1.807) is 24.3 Å². The minimum Gasteiger partial charge on any atom is -0.358 e. The van der Waals surface area contributed by atoms with Gasteiger partial charge in [0, 0.05) is 15.7 Å². The molecule has 0 unspecified atom stereocenters. The summed E-state index contributed by atoms with van der Waals surface area (Å²) in [6.45, 7) is 0. The molecule has 0 heterocycles. The SMILES string of the molecule is N#CC(C#N)=CNc1c(Cl)cc(Cl)cc1Br. The number of nitrogens with one attached hydrogen (secondary N) is 1. The summed E-state index contributed by atoms with van der Waals surface area (Å²) >= 11 is 15.0. The third-order valence-corrected chi connectivity index (χ3v) is 2.75. The van der Waals surface area contributed by atoms with E-state index in [1.807, 2.05) is 0 Å². The highest BCUT2D eigenvalue weighted by Gasteiger charge is 2.06. The van der Waals surface area contributed by atoms with Gasteiger partial charge in [0.1, 0.15) is 17.7 Å². The first-order valence-electron chi connectivity index (χ1n) is 4.00. The number of hydrogen-bond acceptors (Lipinski definition) is 3. The summed E-state index contributed by atoms with van der Waals surface area (Å²) in [5.74, 6) is 0. The van der Waals surface area contributed by atoms with Gasteiger partial charge in [0.05, 0.1) is 10.7 Å². The minimum absolute atomic E-state index is 0.0436. The van der Waals surface area contributed by atoms with E-state index in [1.165, 1.54) is 6.20 Å². The van der Waals surface area contributed by atoms with E-state index in [9.17, 15) is 0 Å². The third kappa shape index (κ3) is 3.15. The van der Waals surface area contributed by atoms with Gasteiger partial charge in [-0.05, 0) is 28.1 Å². The van der Waals surface area contributed by atoms with Gasteiger partial charge in [-0.1, -0.05) is 23.2 Å². The maximum Gasteiger partial charge on any atom is 0.145 e. The molecule has 3 nitrogen and oxygen atoms in total. The molecule has 0 spiro atoms. The van der Waals surface area contributed by atoms with Crippen molar-refractivity contribution in [2.24, 2.45) is 0 Å². The Bertz CT molecular complexity index is 487. The van der Waals surface area contributed by atoms with Crippen LogP contribution in [0.1, 0.15) is 0 Å². The van der Waals surface area contributed by atoms with Crippen LogP contribution < -0.4 is 5.32 Å². The van der Waals surface area contributed by atoms with Crippen molar-refractivity contribution in [3.63, 3.8) is 0 Å². The van der Waals surface area contributed by atoms with Crippen LogP contribution in [0.4, 0.5) is 5.69 Å². The van der Waals surface area contributed by atoms with E-state index in [4.69, 9.17) is 33.7 Å². The first kappa shape index (κ1) is 12.9. The number of nitriles is 2. The third-order valence-electron chi connectivity index (χ3n) is 1.61. The van der Waals surface area contributed by atoms with E-state index in [0.717, 1.165) is 0 Å². The van der Waals surface area contributed by atoms with E-state index >= 15 is 0 Å². The van der Waals surface area contributed by atoms with Crippen molar-refractivity contribution in [2.45, 2.75) is 0 Å². The Morgan fingerprint density at radius 3 is 2.44 bits per heavy atom. The van der Waals surface area contributed by atoms with Crippen LogP contribution in [0.3, 0.4) is 0 Å². The molecule has 0 amide bonds. The number of halogens is 3. The highest BCUT2D eigenvalue weighted by Crippen LogP contribution is 2.33. The molecule has 0 bridgehead atoms. The molecule has 1 aromatic carbocycles. The molecule has 6 heteroatoms. The number of hydrogen-bond donors (Lipinski definition) is 1. The summed E-state index contributed by atoms with van der Waals surface area (Å²) in [6.07, 6.45) is 1.28. The second kappa shape index (κ2) is 5.77. The number of rotatable bonds is 2. The second-order valence-electron chi connectivity index (χ2n) is 2.67. The van der Waals surface area contributed by atoms with E-state index in [0.29, 0.717) is 20.2 Å².